The minimum atomic E-state index is -0.153. The standard InChI is InChI=1S/C18H23ClN4O2.C17H21ClN4O2/c19-13-5-7-14(8-6-13)25-16-11-21-18(20)23-17(16)22-15-4-2-1-3-12(15)9-10-24;18-12-3-7-14(8-4-12)24-15-10-21-17(19)22-16(15)20-9-11-1-5-13(23)6-2-11/h5-8,11-12,15,24H,1-4,9-10H2,(H3,20,21,22,23);3-4,7-8,10-11,13,23H,1-2,5-6,9H2,(H3,19,20,21,22)/t12-,15-;11-,13-/m1./s1. The van der Waals surface area contributed by atoms with E-state index in [2.05, 4.69) is 30.6 Å². The molecule has 12 nitrogen and oxygen atoms in total. The molecular formula is C35H44Cl2N8O4. The van der Waals surface area contributed by atoms with E-state index in [0.29, 0.717) is 56.5 Å². The molecule has 0 unspecified atom stereocenters. The molecule has 0 radical (unpaired) electrons. The van der Waals surface area contributed by atoms with E-state index >= 15 is 0 Å². The third kappa shape index (κ3) is 11.2. The van der Waals surface area contributed by atoms with Gasteiger partial charge in [-0.1, -0.05) is 36.0 Å². The molecule has 2 aromatic heterocycles. The molecule has 2 heterocycles. The van der Waals surface area contributed by atoms with Crippen LogP contribution in [0.4, 0.5) is 23.5 Å². The smallest absolute Gasteiger partial charge is 0.222 e. The number of hydrogen-bond donors (Lipinski definition) is 6. The lowest BCUT2D eigenvalue weighted by atomic mass is 9.82. The third-order valence-corrected chi connectivity index (χ3v) is 9.24. The number of benzene rings is 2. The van der Waals surface area contributed by atoms with Crippen molar-refractivity contribution in [3.8, 4) is 23.0 Å². The van der Waals surface area contributed by atoms with Gasteiger partial charge < -0.3 is 41.8 Å². The Labute approximate surface area is 296 Å². The lowest BCUT2D eigenvalue weighted by Crippen LogP contribution is -2.33. The van der Waals surface area contributed by atoms with E-state index in [-0.39, 0.29) is 30.6 Å². The second kappa shape index (κ2) is 18.1. The number of aliphatic hydroxyl groups is 2. The number of hydrogen-bond acceptors (Lipinski definition) is 12. The van der Waals surface area contributed by atoms with Crippen LogP contribution in [0.3, 0.4) is 0 Å². The zero-order valence-corrected chi connectivity index (χ0v) is 28.8. The van der Waals surface area contributed by atoms with Crippen molar-refractivity contribution in [1.29, 1.82) is 0 Å². The average molecular weight is 712 g/mol. The van der Waals surface area contributed by atoms with E-state index in [0.717, 1.165) is 57.9 Å². The molecule has 2 saturated carbocycles. The highest BCUT2D eigenvalue weighted by Crippen LogP contribution is 2.34. The second-order valence-corrected chi connectivity index (χ2v) is 13.2. The lowest BCUT2D eigenvalue weighted by molar-refractivity contribution is 0.111. The Morgan fingerprint density at radius 2 is 1.27 bits per heavy atom. The second-order valence-electron chi connectivity index (χ2n) is 12.4. The van der Waals surface area contributed by atoms with Crippen molar-refractivity contribution < 1.29 is 19.7 Å². The van der Waals surface area contributed by atoms with Crippen LogP contribution in [0, 0.1) is 11.8 Å². The van der Waals surface area contributed by atoms with Gasteiger partial charge in [0.15, 0.2) is 23.1 Å². The number of nitrogens with zero attached hydrogens (tertiary/aromatic N) is 4. The summed E-state index contributed by atoms with van der Waals surface area (Å²) in [7, 11) is 0. The van der Waals surface area contributed by atoms with Crippen LogP contribution in [0.5, 0.6) is 23.0 Å². The first kappa shape index (κ1) is 36.2. The monoisotopic (exact) mass is 710 g/mol. The molecule has 2 fully saturated rings. The van der Waals surface area contributed by atoms with Gasteiger partial charge in [-0.3, -0.25) is 0 Å². The molecule has 262 valence electrons. The molecule has 2 atom stereocenters. The number of halogens is 2. The first-order valence-electron chi connectivity index (χ1n) is 16.7. The Hall–Kier alpha value is -4.10. The maximum absolute atomic E-state index is 9.59. The van der Waals surface area contributed by atoms with Crippen LogP contribution in [0.25, 0.3) is 0 Å². The summed E-state index contributed by atoms with van der Waals surface area (Å²) < 4.78 is 11.7. The van der Waals surface area contributed by atoms with E-state index in [9.17, 15) is 10.2 Å². The van der Waals surface area contributed by atoms with Gasteiger partial charge in [-0.25, -0.2) is 9.97 Å². The van der Waals surface area contributed by atoms with Crippen LogP contribution in [-0.2, 0) is 0 Å². The van der Waals surface area contributed by atoms with Gasteiger partial charge in [-0.05, 0) is 105 Å². The molecule has 0 bridgehead atoms. The van der Waals surface area contributed by atoms with E-state index in [1.165, 1.54) is 6.42 Å². The quantitative estimate of drug-likeness (QED) is 0.0911. The molecule has 2 aliphatic carbocycles. The van der Waals surface area contributed by atoms with Gasteiger partial charge in [0.25, 0.3) is 0 Å². The third-order valence-electron chi connectivity index (χ3n) is 8.74. The fraction of sp³-hybridized carbons (Fsp3) is 0.429. The van der Waals surface area contributed by atoms with Gasteiger partial charge >= 0.3 is 0 Å². The van der Waals surface area contributed by atoms with Gasteiger partial charge in [0.2, 0.25) is 11.9 Å². The van der Waals surface area contributed by atoms with Gasteiger partial charge in [0.1, 0.15) is 11.5 Å². The van der Waals surface area contributed by atoms with Crippen molar-refractivity contribution in [3.63, 3.8) is 0 Å². The molecule has 6 rings (SSSR count). The maximum Gasteiger partial charge on any atom is 0.222 e. The first-order chi connectivity index (χ1) is 23.7. The highest BCUT2D eigenvalue weighted by Gasteiger charge is 2.26. The van der Waals surface area contributed by atoms with Gasteiger partial charge in [0.05, 0.1) is 18.5 Å². The summed E-state index contributed by atoms with van der Waals surface area (Å²) in [6.07, 6.45) is 12.0. The maximum atomic E-state index is 9.59. The molecule has 8 N–H and O–H groups in total. The SMILES string of the molecule is Nc1ncc(Oc2ccc(Cl)cc2)c(NC[C@H]2CC[C@H](O)CC2)n1.Nc1ncc(Oc2ccc(Cl)cc2)c(N[C@@H]2CCCC[C@@H]2CCO)n1. The normalized spacial score (nSPS) is 20.4. The first-order valence-corrected chi connectivity index (χ1v) is 17.4. The molecule has 4 aromatic rings. The minimum Gasteiger partial charge on any atom is -0.452 e. The highest BCUT2D eigenvalue weighted by molar-refractivity contribution is 6.30. The van der Waals surface area contributed by atoms with Gasteiger partial charge in [-0.15, -0.1) is 0 Å². The zero-order valence-electron chi connectivity index (χ0n) is 27.3. The number of anilines is 4. The Morgan fingerprint density at radius 3 is 1.84 bits per heavy atom. The van der Waals surface area contributed by atoms with E-state index < -0.39 is 0 Å². The number of nitrogen functional groups attached to an aromatic ring is 2. The Balaban J connectivity index is 0.000000191. The molecular weight excluding hydrogens is 667 g/mol. The van der Waals surface area contributed by atoms with E-state index in [4.69, 9.17) is 44.1 Å². The summed E-state index contributed by atoms with van der Waals surface area (Å²) in [5, 5.41) is 27.0. The van der Waals surface area contributed by atoms with Gasteiger partial charge in [0, 0.05) is 29.2 Å². The summed E-state index contributed by atoms with van der Waals surface area (Å²) in [4.78, 5) is 16.6. The molecule has 49 heavy (non-hydrogen) atoms. The van der Waals surface area contributed by atoms with Crippen LogP contribution < -0.4 is 31.6 Å². The van der Waals surface area contributed by atoms with Crippen molar-refractivity contribution in [2.75, 3.05) is 35.3 Å². The number of aromatic nitrogens is 4. The average Bonchev–Trinajstić information content (AvgIpc) is 3.10. The summed E-state index contributed by atoms with van der Waals surface area (Å²) in [5.74, 6) is 4.80. The largest absolute Gasteiger partial charge is 0.452 e. The molecule has 14 heteroatoms. The Bertz CT molecular complexity index is 1610. The van der Waals surface area contributed by atoms with Crippen LogP contribution in [0.1, 0.15) is 57.8 Å². The fourth-order valence-electron chi connectivity index (χ4n) is 6.08. The van der Waals surface area contributed by atoms with E-state index in [1.807, 2.05) is 0 Å². The zero-order chi connectivity index (χ0) is 34.6. The van der Waals surface area contributed by atoms with E-state index in [1.54, 1.807) is 60.9 Å². The van der Waals surface area contributed by atoms with Crippen LogP contribution in [-0.4, -0.2) is 55.4 Å². The molecule has 2 aromatic carbocycles. The highest BCUT2D eigenvalue weighted by atomic mass is 35.5. The van der Waals surface area contributed by atoms with Crippen LogP contribution in [0.15, 0.2) is 60.9 Å². The topological polar surface area (TPSA) is 187 Å². The number of nitrogens with one attached hydrogen (secondary N) is 2. The van der Waals surface area contributed by atoms with Crippen LogP contribution >= 0.6 is 23.2 Å². The van der Waals surface area contributed by atoms with Crippen molar-refractivity contribution in [2.24, 2.45) is 11.8 Å². The van der Waals surface area contributed by atoms with Crippen molar-refractivity contribution >= 4 is 46.7 Å². The number of rotatable bonds is 11. The van der Waals surface area contributed by atoms with Crippen molar-refractivity contribution in [2.45, 2.75) is 69.9 Å². The molecule has 2 aliphatic rings. The lowest BCUT2D eigenvalue weighted by Gasteiger charge is -2.32. The molecule has 0 spiro atoms. The van der Waals surface area contributed by atoms with Crippen LogP contribution in [0.2, 0.25) is 10.0 Å². The molecule has 0 amide bonds. The molecule has 0 saturated heterocycles. The predicted octanol–water partition coefficient (Wildman–Crippen LogP) is 7.33. The number of nitrogens with two attached hydrogens (primary N) is 2. The van der Waals surface area contributed by atoms with Crippen molar-refractivity contribution in [1.82, 2.24) is 19.9 Å². The predicted molar refractivity (Wildman–Crippen MR) is 193 cm³/mol. The van der Waals surface area contributed by atoms with Crippen molar-refractivity contribution in [3.05, 3.63) is 71.0 Å². The molecule has 0 aliphatic heterocycles. The Morgan fingerprint density at radius 1 is 0.735 bits per heavy atom. The number of aliphatic hydroxyl groups excluding tert-OH is 2. The summed E-state index contributed by atoms with van der Waals surface area (Å²) in [6, 6.07) is 14.4. The summed E-state index contributed by atoms with van der Waals surface area (Å²) >= 11 is 11.8. The fourth-order valence-corrected chi connectivity index (χ4v) is 6.33. The Kier molecular flexibility index (Phi) is 13.3. The van der Waals surface area contributed by atoms with Gasteiger partial charge in [-0.2, -0.15) is 9.97 Å². The summed E-state index contributed by atoms with van der Waals surface area (Å²) in [5.41, 5.74) is 11.5. The number of ether oxygens (including phenoxy) is 2. The summed E-state index contributed by atoms with van der Waals surface area (Å²) in [6.45, 7) is 0.961. The minimum absolute atomic E-state index is 0.153.